The van der Waals surface area contributed by atoms with Gasteiger partial charge in [-0.2, -0.15) is 0 Å². The van der Waals surface area contributed by atoms with Crippen LogP contribution in [0, 0.1) is 5.92 Å². The number of hydrogen-bond donors (Lipinski definition) is 3. The van der Waals surface area contributed by atoms with Crippen LogP contribution >= 0.6 is 0 Å². The van der Waals surface area contributed by atoms with Crippen molar-refractivity contribution in [3.8, 4) is 0 Å². The minimum Gasteiger partial charge on any atom is -0.352 e. The van der Waals surface area contributed by atoms with Crippen molar-refractivity contribution in [2.24, 2.45) is 5.92 Å². The van der Waals surface area contributed by atoms with E-state index in [2.05, 4.69) is 20.9 Å². The van der Waals surface area contributed by atoms with Gasteiger partial charge in [0.05, 0.1) is 0 Å². The monoisotopic (exact) mass is 352 g/mol. The third kappa shape index (κ3) is 5.39. The smallest absolute Gasteiger partial charge is 0.255 e. The van der Waals surface area contributed by atoms with E-state index in [0.717, 1.165) is 31.5 Å². The number of amides is 2. The van der Waals surface area contributed by atoms with Crippen molar-refractivity contribution in [3.63, 3.8) is 0 Å². The normalized spacial score (nSPS) is 16.2. The molecule has 1 saturated heterocycles. The summed E-state index contributed by atoms with van der Waals surface area (Å²) >= 11 is 0. The van der Waals surface area contributed by atoms with E-state index in [1.165, 1.54) is 0 Å². The molecule has 6 nitrogen and oxygen atoms in total. The first-order chi connectivity index (χ1) is 12.7. The highest BCUT2D eigenvalue weighted by Crippen LogP contribution is 2.14. The molecule has 2 amide bonds. The molecule has 1 aliphatic rings. The number of pyridine rings is 1. The summed E-state index contributed by atoms with van der Waals surface area (Å²) in [6.07, 6.45) is 5.89. The van der Waals surface area contributed by atoms with Crippen LogP contribution in [0.25, 0.3) is 0 Å². The molecule has 2 heterocycles. The molecule has 136 valence electrons. The Kier molecular flexibility index (Phi) is 6.33. The first kappa shape index (κ1) is 18.1. The van der Waals surface area contributed by atoms with E-state index in [-0.39, 0.29) is 11.8 Å². The molecule has 0 spiro atoms. The average Bonchev–Trinajstić information content (AvgIpc) is 3.19. The first-order valence-corrected chi connectivity index (χ1v) is 8.98. The molecule has 0 radical (unpaired) electrons. The van der Waals surface area contributed by atoms with Crippen LogP contribution < -0.4 is 16.0 Å². The van der Waals surface area contributed by atoms with E-state index in [9.17, 15) is 9.59 Å². The van der Waals surface area contributed by atoms with Crippen LogP contribution in [0.4, 0.5) is 5.69 Å². The van der Waals surface area contributed by atoms with Crippen LogP contribution in [0.3, 0.4) is 0 Å². The van der Waals surface area contributed by atoms with E-state index < -0.39 is 0 Å². The van der Waals surface area contributed by atoms with Crippen LogP contribution in [0.2, 0.25) is 0 Å². The zero-order valence-corrected chi connectivity index (χ0v) is 14.7. The van der Waals surface area contributed by atoms with Crippen molar-refractivity contribution in [1.29, 1.82) is 0 Å². The average molecular weight is 352 g/mol. The Morgan fingerprint density at radius 2 is 2.04 bits per heavy atom. The Hall–Kier alpha value is -2.73. The van der Waals surface area contributed by atoms with Gasteiger partial charge < -0.3 is 16.0 Å². The molecule has 3 N–H and O–H groups in total. The fourth-order valence-corrected chi connectivity index (χ4v) is 3.05. The van der Waals surface area contributed by atoms with E-state index >= 15 is 0 Å². The van der Waals surface area contributed by atoms with Gasteiger partial charge in [-0.05, 0) is 61.7 Å². The Bertz CT molecular complexity index is 742. The molecule has 2 aromatic rings. The van der Waals surface area contributed by atoms with Crippen molar-refractivity contribution >= 4 is 17.5 Å². The molecule has 1 unspecified atom stereocenters. The Morgan fingerprint density at radius 1 is 1.19 bits per heavy atom. The molecule has 1 fully saturated rings. The number of nitrogens with zero attached hydrogens (tertiary/aromatic N) is 1. The molecule has 1 aromatic heterocycles. The quantitative estimate of drug-likeness (QED) is 0.714. The van der Waals surface area contributed by atoms with Crippen LogP contribution in [-0.2, 0) is 11.3 Å². The van der Waals surface area contributed by atoms with E-state index in [4.69, 9.17) is 0 Å². The number of nitrogens with one attached hydrogen (secondary N) is 3. The maximum atomic E-state index is 12.3. The zero-order chi connectivity index (χ0) is 18.2. The lowest BCUT2D eigenvalue weighted by atomic mass is 10.0. The summed E-state index contributed by atoms with van der Waals surface area (Å²) < 4.78 is 0. The minimum absolute atomic E-state index is 0.0588. The third-order valence-electron chi connectivity index (χ3n) is 4.56. The summed E-state index contributed by atoms with van der Waals surface area (Å²) in [6, 6.07) is 10.8. The van der Waals surface area contributed by atoms with Gasteiger partial charge in [0, 0.05) is 36.6 Å². The van der Waals surface area contributed by atoms with Crippen molar-refractivity contribution in [2.75, 3.05) is 18.4 Å². The number of aromatic nitrogens is 1. The Balaban J connectivity index is 1.48. The van der Waals surface area contributed by atoms with Crippen molar-refractivity contribution < 1.29 is 9.59 Å². The standard InChI is InChI=1S/C20H24N4O2/c25-19(5-4-15-6-9-22-13-15)23-14-16-2-1-3-17(12-16)20(26)24-18-7-10-21-11-8-18/h1-3,7-8,10-12,15,22H,4-6,9,13-14H2,(H,23,25)(H,21,24,26). The molecule has 1 aliphatic heterocycles. The van der Waals surface area contributed by atoms with Crippen LogP contribution in [0.5, 0.6) is 0 Å². The summed E-state index contributed by atoms with van der Waals surface area (Å²) in [5.74, 6) is 0.489. The molecule has 26 heavy (non-hydrogen) atoms. The van der Waals surface area contributed by atoms with Crippen molar-refractivity contribution in [3.05, 3.63) is 59.9 Å². The maximum absolute atomic E-state index is 12.3. The maximum Gasteiger partial charge on any atom is 0.255 e. The lowest BCUT2D eigenvalue weighted by molar-refractivity contribution is -0.121. The lowest BCUT2D eigenvalue weighted by Gasteiger charge is -2.10. The second-order valence-corrected chi connectivity index (χ2v) is 6.56. The van der Waals surface area contributed by atoms with E-state index in [0.29, 0.717) is 30.1 Å². The second kappa shape index (κ2) is 9.10. The predicted octanol–water partition coefficient (Wildman–Crippen LogP) is 2.34. The number of benzene rings is 1. The topological polar surface area (TPSA) is 83.1 Å². The van der Waals surface area contributed by atoms with Crippen molar-refractivity contribution in [2.45, 2.75) is 25.8 Å². The van der Waals surface area contributed by atoms with Crippen LogP contribution in [0.15, 0.2) is 48.8 Å². The summed E-state index contributed by atoms with van der Waals surface area (Å²) in [4.78, 5) is 28.3. The van der Waals surface area contributed by atoms with Gasteiger partial charge in [0.2, 0.25) is 5.91 Å². The summed E-state index contributed by atoms with van der Waals surface area (Å²) in [7, 11) is 0. The molecule has 3 rings (SSSR count). The summed E-state index contributed by atoms with van der Waals surface area (Å²) in [6.45, 7) is 2.50. The summed E-state index contributed by atoms with van der Waals surface area (Å²) in [5.41, 5.74) is 2.17. The summed E-state index contributed by atoms with van der Waals surface area (Å²) in [5, 5.41) is 9.08. The highest BCUT2D eigenvalue weighted by molar-refractivity contribution is 6.04. The largest absolute Gasteiger partial charge is 0.352 e. The van der Waals surface area contributed by atoms with Crippen LogP contribution in [-0.4, -0.2) is 29.9 Å². The number of hydrogen-bond acceptors (Lipinski definition) is 4. The number of carbonyl (C=O) groups excluding carboxylic acids is 2. The third-order valence-corrected chi connectivity index (χ3v) is 4.56. The molecular formula is C20H24N4O2. The van der Waals surface area contributed by atoms with Gasteiger partial charge in [0.25, 0.3) is 5.91 Å². The minimum atomic E-state index is -0.182. The SMILES string of the molecule is O=C(CCC1CCNC1)NCc1cccc(C(=O)Nc2ccncc2)c1. The predicted molar refractivity (Wildman–Crippen MR) is 101 cm³/mol. The highest BCUT2D eigenvalue weighted by Gasteiger charge is 2.15. The number of rotatable bonds is 7. The Morgan fingerprint density at radius 3 is 2.81 bits per heavy atom. The molecule has 6 heteroatoms. The van der Waals surface area contributed by atoms with Gasteiger partial charge in [-0.3, -0.25) is 14.6 Å². The van der Waals surface area contributed by atoms with Gasteiger partial charge >= 0.3 is 0 Å². The second-order valence-electron chi connectivity index (χ2n) is 6.56. The van der Waals surface area contributed by atoms with E-state index in [1.807, 2.05) is 12.1 Å². The number of anilines is 1. The lowest BCUT2D eigenvalue weighted by Crippen LogP contribution is -2.23. The van der Waals surface area contributed by atoms with Gasteiger partial charge in [0.15, 0.2) is 0 Å². The van der Waals surface area contributed by atoms with Crippen molar-refractivity contribution in [1.82, 2.24) is 15.6 Å². The van der Waals surface area contributed by atoms with Crippen LogP contribution in [0.1, 0.15) is 35.2 Å². The van der Waals surface area contributed by atoms with Gasteiger partial charge in [-0.1, -0.05) is 12.1 Å². The highest BCUT2D eigenvalue weighted by atomic mass is 16.2. The molecule has 1 aromatic carbocycles. The molecular weight excluding hydrogens is 328 g/mol. The zero-order valence-electron chi connectivity index (χ0n) is 14.7. The fourth-order valence-electron chi connectivity index (χ4n) is 3.05. The molecule has 1 atom stereocenters. The Labute approximate surface area is 153 Å². The van der Waals surface area contributed by atoms with Gasteiger partial charge in [-0.25, -0.2) is 0 Å². The fraction of sp³-hybridized carbons (Fsp3) is 0.350. The molecule has 0 bridgehead atoms. The molecule has 0 saturated carbocycles. The van der Waals surface area contributed by atoms with Gasteiger partial charge in [-0.15, -0.1) is 0 Å². The first-order valence-electron chi connectivity index (χ1n) is 8.98. The number of carbonyl (C=O) groups is 2. The molecule has 0 aliphatic carbocycles. The van der Waals surface area contributed by atoms with Gasteiger partial charge in [0.1, 0.15) is 0 Å². The van der Waals surface area contributed by atoms with E-state index in [1.54, 1.807) is 36.7 Å².